The SMILES string of the molecule is CNCCCCn1cc(C)cnc1=O. The van der Waals surface area contributed by atoms with Crippen LogP contribution < -0.4 is 11.0 Å². The molecule has 1 rings (SSSR count). The molecule has 4 heteroatoms. The van der Waals surface area contributed by atoms with Crippen LogP contribution in [0.1, 0.15) is 18.4 Å². The second-order valence-electron chi connectivity index (χ2n) is 3.42. The highest BCUT2D eigenvalue weighted by molar-refractivity contribution is 4.99. The maximum atomic E-state index is 11.3. The Balaban J connectivity index is 2.49. The first-order valence-electron chi connectivity index (χ1n) is 4.91. The van der Waals surface area contributed by atoms with E-state index >= 15 is 0 Å². The molecular formula is C10H17N3O. The maximum absolute atomic E-state index is 11.3. The Labute approximate surface area is 84.0 Å². The monoisotopic (exact) mass is 195 g/mol. The van der Waals surface area contributed by atoms with Crippen LogP contribution in [0.4, 0.5) is 0 Å². The lowest BCUT2D eigenvalue weighted by molar-refractivity contribution is 0.567. The molecule has 78 valence electrons. The largest absolute Gasteiger partial charge is 0.347 e. The van der Waals surface area contributed by atoms with Gasteiger partial charge in [-0.05, 0) is 38.9 Å². The summed E-state index contributed by atoms with van der Waals surface area (Å²) in [7, 11) is 1.93. The van der Waals surface area contributed by atoms with Crippen LogP contribution in [0.25, 0.3) is 0 Å². The summed E-state index contributed by atoms with van der Waals surface area (Å²) in [5, 5.41) is 3.08. The van der Waals surface area contributed by atoms with E-state index in [2.05, 4.69) is 10.3 Å². The number of nitrogens with one attached hydrogen (secondary N) is 1. The summed E-state index contributed by atoms with van der Waals surface area (Å²) in [6.07, 6.45) is 5.55. The van der Waals surface area contributed by atoms with E-state index < -0.39 is 0 Å². The van der Waals surface area contributed by atoms with Gasteiger partial charge >= 0.3 is 5.69 Å². The molecule has 0 aliphatic rings. The van der Waals surface area contributed by atoms with Gasteiger partial charge in [0.25, 0.3) is 0 Å². The molecule has 0 saturated carbocycles. The van der Waals surface area contributed by atoms with E-state index in [0.29, 0.717) is 0 Å². The van der Waals surface area contributed by atoms with Gasteiger partial charge in [-0.15, -0.1) is 0 Å². The maximum Gasteiger partial charge on any atom is 0.347 e. The molecule has 14 heavy (non-hydrogen) atoms. The third-order valence-corrected chi connectivity index (χ3v) is 2.06. The van der Waals surface area contributed by atoms with Crippen molar-refractivity contribution in [1.29, 1.82) is 0 Å². The summed E-state index contributed by atoms with van der Waals surface area (Å²) >= 11 is 0. The molecule has 1 aromatic rings. The molecule has 0 fully saturated rings. The molecule has 0 unspecified atom stereocenters. The Morgan fingerprint density at radius 2 is 2.29 bits per heavy atom. The van der Waals surface area contributed by atoms with Crippen molar-refractivity contribution in [2.45, 2.75) is 26.3 Å². The zero-order valence-electron chi connectivity index (χ0n) is 8.79. The van der Waals surface area contributed by atoms with E-state index in [1.54, 1.807) is 10.8 Å². The van der Waals surface area contributed by atoms with Crippen molar-refractivity contribution < 1.29 is 0 Å². The first kappa shape index (κ1) is 10.9. The molecule has 0 atom stereocenters. The van der Waals surface area contributed by atoms with Crippen LogP contribution in [-0.2, 0) is 6.54 Å². The third kappa shape index (κ3) is 3.30. The van der Waals surface area contributed by atoms with Crippen molar-refractivity contribution in [1.82, 2.24) is 14.9 Å². The van der Waals surface area contributed by atoms with Crippen LogP contribution in [0, 0.1) is 6.92 Å². The van der Waals surface area contributed by atoms with Gasteiger partial charge in [0.1, 0.15) is 0 Å². The number of unbranched alkanes of at least 4 members (excludes halogenated alkanes) is 1. The molecule has 1 aromatic heterocycles. The zero-order valence-corrected chi connectivity index (χ0v) is 8.79. The lowest BCUT2D eigenvalue weighted by Crippen LogP contribution is -2.22. The molecule has 4 nitrogen and oxygen atoms in total. The molecule has 0 aliphatic carbocycles. The van der Waals surface area contributed by atoms with Gasteiger partial charge in [0, 0.05) is 18.9 Å². The minimum absolute atomic E-state index is 0.153. The molecule has 0 aromatic carbocycles. The van der Waals surface area contributed by atoms with Crippen molar-refractivity contribution in [3.8, 4) is 0 Å². The van der Waals surface area contributed by atoms with Crippen molar-refractivity contribution in [3.05, 3.63) is 28.4 Å². The van der Waals surface area contributed by atoms with E-state index in [-0.39, 0.29) is 5.69 Å². The van der Waals surface area contributed by atoms with Crippen molar-refractivity contribution >= 4 is 0 Å². The number of hydrogen-bond acceptors (Lipinski definition) is 3. The lowest BCUT2D eigenvalue weighted by atomic mass is 10.3. The summed E-state index contributed by atoms with van der Waals surface area (Å²) in [4.78, 5) is 15.0. The average Bonchev–Trinajstić information content (AvgIpc) is 2.18. The van der Waals surface area contributed by atoms with Gasteiger partial charge in [-0.3, -0.25) is 4.57 Å². The van der Waals surface area contributed by atoms with E-state index in [4.69, 9.17) is 0 Å². The Hall–Kier alpha value is -1.16. The Bertz CT molecular complexity index is 332. The fourth-order valence-corrected chi connectivity index (χ4v) is 1.31. The highest BCUT2D eigenvalue weighted by Gasteiger charge is 1.96. The smallest absolute Gasteiger partial charge is 0.320 e. The summed E-state index contributed by atoms with van der Waals surface area (Å²) in [5.74, 6) is 0. The second kappa shape index (κ2) is 5.54. The quantitative estimate of drug-likeness (QED) is 0.698. The van der Waals surface area contributed by atoms with Gasteiger partial charge < -0.3 is 5.32 Å². The van der Waals surface area contributed by atoms with E-state index in [0.717, 1.165) is 31.5 Å². The molecule has 0 amide bonds. The van der Waals surface area contributed by atoms with Gasteiger partial charge in [-0.1, -0.05) is 0 Å². The molecular weight excluding hydrogens is 178 g/mol. The van der Waals surface area contributed by atoms with Crippen LogP contribution in [-0.4, -0.2) is 23.1 Å². The normalized spacial score (nSPS) is 10.4. The van der Waals surface area contributed by atoms with Crippen LogP contribution >= 0.6 is 0 Å². The molecule has 0 aliphatic heterocycles. The molecule has 1 heterocycles. The van der Waals surface area contributed by atoms with E-state index in [1.807, 2.05) is 20.2 Å². The van der Waals surface area contributed by atoms with Crippen LogP contribution in [0.5, 0.6) is 0 Å². The van der Waals surface area contributed by atoms with Crippen molar-refractivity contribution in [2.75, 3.05) is 13.6 Å². The third-order valence-electron chi connectivity index (χ3n) is 2.06. The first-order chi connectivity index (χ1) is 6.74. The number of aryl methyl sites for hydroxylation is 2. The molecule has 0 radical (unpaired) electrons. The lowest BCUT2D eigenvalue weighted by Gasteiger charge is -2.04. The molecule has 0 bridgehead atoms. The van der Waals surface area contributed by atoms with Crippen LogP contribution in [0.2, 0.25) is 0 Å². The minimum atomic E-state index is -0.153. The van der Waals surface area contributed by atoms with Gasteiger partial charge in [0.05, 0.1) is 0 Å². The van der Waals surface area contributed by atoms with E-state index in [1.165, 1.54) is 0 Å². The summed E-state index contributed by atoms with van der Waals surface area (Å²) in [6, 6.07) is 0. The molecule has 1 N–H and O–H groups in total. The minimum Gasteiger partial charge on any atom is -0.320 e. The van der Waals surface area contributed by atoms with Crippen LogP contribution in [0.15, 0.2) is 17.2 Å². The number of aromatic nitrogens is 2. The van der Waals surface area contributed by atoms with Crippen molar-refractivity contribution in [3.63, 3.8) is 0 Å². The highest BCUT2D eigenvalue weighted by Crippen LogP contribution is 1.94. The van der Waals surface area contributed by atoms with Crippen LogP contribution in [0.3, 0.4) is 0 Å². The highest BCUT2D eigenvalue weighted by atomic mass is 16.1. The topological polar surface area (TPSA) is 46.9 Å². The fraction of sp³-hybridized carbons (Fsp3) is 0.600. The first-order valence-corrected chi connectivity index (χ1v) is 4.91. The Morgan fingerprint density at radius 3 is 3.00 bits per heavy atom. The second-order valence-corrected chi connectivity index (χ2v) is 3.42. The Kier molecular flexibility index (Phi) is 4.32. The summed E-state index contributed by atoms with van der Waals surface area (Å²) in [6.45, 7) is 3.69. The fourth-order valence-electron chi connectivity index (χ4n) is 1.31. The number of nitrogens with zero attached hydrogens (tertiary/aromatic N) is 2. The van der Waals surface area contributed by atoms with Gasteiger partial charge in [0.15, 0.2) is 0 Å². The standard InChI is InChI=1S/C10H17N3O/c1-9-7-12-10(14)13(8-9)6-4-3-5-11-2/h7-8,11H,3-6H2,1-2H3. The number of hydrogen-bond donors (Lipinski definition) is 1. The zero-order chi connectivity index (χ0) is 10.4. The molecule has 0 spiro atoms. The molecule has 0 saturated heterocycles. The van der Waals surface area contributed by atoms with Crippen molar-refractivity contribution in [2.24, 2.45) is 0 Å². The predicted octanol–water partition coefficient (Wildman–Crippen LogP) is 0.551. The summed E-state index contributed by atoms with van der Waals surface area (Å²) in [5.41, 5.74) is 0.873. The Morgan fingerprint density at radius 1 is 1.50 bits per heavy atom. The van der Waals surface area contributed by atoms with E-state index in [9.17, 15) is 4.79 Å². The number of rotatable bonds is 5. The van der Waals surface area contributed by atoms with Gasteiger partial charge in [0.2, 0.25) is 0 Å². The average molecular weight is 195 g/mol. The van der Waals surface area contributed by atoms with Gasteiger partial charge in [-0.2, -0.15) is 0 Å². The summed E-state index contributed by atoms with van der Waals surface area (Å²) < 4.78 is 1.67. The predicted molar refractivity (Wildman–Crippen MR) is 56.4 cm³/mol. The van der Waals surface area contributed by atoms with Gasteiger partial charge in [-0.25, -0.2) is 9.78 Å².